The summed E-state index contributed by atoms with van der Waals surface area (Å²) in [5.41, 5.74) is 1.02. The van der Waals surface area contributed by atoms with E-state index in [4.69, 9.17) is 4.42 Å². The van der Waals surface area contributed by atoms with Crippen LogP contribution in [0.3, 0.4) is 0 Å². The van der Waals surface area contributed by atoms with Crippen LogP contribution < -0.4 is 5.32 Å². The van der Waals surface area contributed by atoms with Crippen LogP contribution in [-0.4, -0.2) is 53.7 Å². The highest BCUT2D eigenvalue weighted by Crippen LogP contribution is 2.22. The molecule has 3 rings (SSSR count). The highest BCUT2D eigenvalue weighted by Gasteiger charge is 2.29. The minimum Gasteiger partial charge on any atom is -0.444 e. The smallest absolute Gasteiger partial charge is 0.291 e. The molecule has 3 amide bonds. The van der Waals surface area contributed by atoms with E-state index in [2.05, 4.69) is 21.2 Å². The first-order chi connectivity index (χ1) is 14.4. The summed E-state index contributed by atoms with van der Waals surface area (Å²) in [6.45, 7) is 6.48. The van der Waals surface area contributed by atoms with E-state index in [1.807, 2.05) is 18.7 Å². The number of rotatable bonds is 6. The first-order valence-electron chi connectivity index (χ1n) is 10.2. The van der Waals surface area contributed by atoms with Crippen molar-refractivity contribution < 1.29 is 18.8 Å². The number of piperidine rings is 1. The fraction of sp³-hybridized carbons (Fsp3) is 0.409. The van der Waals surface area contributed by atoms with Crippen LogP contribution in [-0.2, 0) is 4.79 Å². The van der Waals surface area contributed by atoms with Crippen molar-refractivity contribution in [1.82, 2.24) is 9.80 Å². The van der Waals surface area contributed by atoms with Crippen LogP contribution in [0.1, 0.15) is 47.6 Å². The number of hydrogen-bond donors (Lipinski definition) is 1. The van der Waals surface area contributed by atoms with Crippen LogP contribution in [0.25, 0.3) is 0 Å². The Balaban J connectivity index is 1.60. The van der Waals surface area contributed by atoms with Gasteiger partial charge in [0.25, 0.3) is 11.8 Å². The number of nitrogens with one attached hydrogen (secondary N) is 1. The minimum absolute atomic E-state index is 0.0211. The van der Waals surface area contributed by atoms with Crippen molar-refractivity contribution >= 4 is 39.3 Å². The third-order valence-corrected chi connectivity index (χ3v) is 5.80. The van der Waals surface area contributed by atoms with Crippen molar-refractivity contribution in [3.63, 3.8) is 0 Å². The van der Waals surface area contributed by atoms with Gasteiger partial charge >= 0.3 is 0 Å². The molecule has 2 aromatic rings. The Labute approximate surface area is 184 Å². The number of furan rings is 1. The van der Waals surface area contributed by atoms with Gasteiger partial charge in [-0.05, 0) is 73.0 Å². The fourth-order valence-corrected chi connectivity index (χ4v) is 3.97. The molecule has 0 aliphatic carbocycles. The largest absolute Gasteiger partial charge is 0.444 e. The highest BCUT2D eigenvalue weighted by molar-refractivity contribution is 9.10. The second kappa shape index (κ2) is 9.93. The summed E-state index contributed by atoms with van der Waals surface area (Å²) in [6.07, 6.45) is 1.34. The zero-order chi connectivity index (χ0) is 21.7. The summed E-state index contributed by atoms with van der Waals surface area (Å²) in [6, 6.07) is 10.1. The van der Waals surface area contributed by atoms with Crippen molar-refractivity contribution in [2.45, 2.75) is 26.7 Å². The number of hydrogen-bond acceptors (Lipinski definition) is 4. The summed E-state index contributed by atoms with van der Waals surface area (Å²) >= 11 is 3.17. The Kier molecular flexibility index (Phi) is 7.31. The van der Waals surface area contributed by atoms with E-state index in [-0.39, 0.29) is 29.4 Å². The zero-order valence-electron chi connectivity index (χ0n) is 17.2. The van der Waals surface area contributed by atoms with Gasteiger partial charge in [0.2, 0.25) is 5.91 Å². The third-order valence-electron chi connectivity index (χ3n) is 5.37. The predicted molar refractivity (Wildman–Crippen MR) is 117 cm³/mol. The van der Waals surface area contributed by atoms with Gasteiger partial charge in [-0.3, -0.25) is 14.4 Å². The summed E-state index contributed by atoms with van der Waals surface area (Å²) < 4.78 is 5.72. The van der Waals surface area contributed by atoms with Crippen molar-refractivity contribution in [1.29, 1.82) is 0 Å². The number of likely N-dealkylation sites (tertiary alicyclic amines) is 1. The van der Waals surface area contributed by atoms with Crippen molar-refractivity contribution in [3.05, 3.63) is 52.4 Å². The lowest BCUT2D eigenvalue weighted by atomic mass is 9.94. The van der Waals surface area contributed by atoms with Gasteiger partial charge in [0.15, 0.2) is 10.4 Å². The average molecular weight is 476 g/mol. The number of carbonyl (C=O) groups excluding carboxylic acids is 3. The summed E-state index contributed by atoms with van der Waals surface area (Å²) in [4.78, 5) is 41.4. The Bertz CT molecular complexity index is 915. The molecule has 2 heterocycles. The number of amides is 3. The van der Waals surface area contributed by atoms with E-state index in [1.165, 1.54) is 0 Å². The molecule has 8 heteroatoms. The molecule has 7 nitrogen and oxygen atoms in total. The molecule has 1 aliphatic heterocycles. The standard InChI is InChI=1S/C22H26BrN3O4/c1-3-25(4-2)21(28)15-10-12-26(13-11-15)22(29)16-6-5-7-17(14-16)24-20(27)18-8-9-19(23)30-18/h5-9,14-15H,3-4,10-13H2,1-2H3,(H,24,27). The lowest BCUT2D eigenvalue weighted by molar-refractivity contribution is -0.136. The van der Waals surface area contributed by atoms with E-state index in [9.17, 15) is 14.4 Å². The Hall–Kier alpha value is -2.61. The molecule has 1 aliphatic rings. The molecule has 0 bridgehead atoms. The molecule has 1 saturated heterocycles. The minimum atomic E-state index is -0.388. The number of nitrogens with zero attached hydrogens (tertiary/aromatic N) is 2. The van der Waals surface area contributed by atoms with Gasteiger partial charge in [-0.2, -0.15) is 0 Å². The van der Waals surface area contributed by atoms with Gasteiger partial charge in [-0.25, -0.2) is 0 Å². The molecular weight excluding hydrogens is 450 g/mol. The van der Waals surface area contributed by atoms with Gasteiger partial charge in [-0.15, -0.1) is 0 Å². The lowest BCUT2D eigenvalue weighted by Crippen LogP contribution is -2.44. The third kappa shape index (κ3) is 5.11. The van der Waals surface area contributed by atoms with Crippen LogP contribution >= 0.6 is 15.9 Å². The molecule has 1 fully saturated rings. The Morgan fingerprint density at radius 3 is 2.43 bits per heavy atom. The van der Waals surface area contributed by atoms with E-state index >= 15 is 0 Å². The summed E-state index contributed by atoms with van der Waals surface area (Å²) in [7, 11) is 0. The molecule has 160 valence electrons. The van der Waals surface area contributed by atoms with Crippen LogP contribution in [0, 0.1) is 5.92 Å². The van der Waals surface area contributed by atoms with E-state index in [1.54, 1.807) is 41.3 Å². The summed E-state index contributed by atoms with van der Waals surface area (Å²) in [5.74, 6) is -0.145. The van der Waals surface area contributed by atoms with Crippen molar-refractivity contribution in [3.8, 4) is 0 Å². The second-order valence-electron chi connectivity index (χ2n) is 7.22. The van der Waals surface area contributed by atoms with Crippen LogP contribution in [0.4, 0.5) is 5.69 Å². The zero-order valence-corrected chi connectivity index (χ0v) is 18.8. The van der Waals surface area contributed by atoms with Crippen LogP contribution in [0.2, 0.25) is 0 Å². The second-order valence-corrected chi connectivity index (χ2v) is 8.00. The number of halogens is 1. The molecule has 0 spiro atoms. The maximum Gasteiger partial charge on any atom is 0.291 e. The molecule has 0 atom stereocenters. The number of carbonyl (C=O) groups is 3. The first kappa shape index (κ1) is 22.1. The maximum atomic E-state index is 12.9. The molecule has 1 aromatic heterocycles. The molecule has 0 saturated carbocycles. The summed E-state index contributed by atoms with van der Waals surface area (Å²) in [5, 5.41) is 2.74. The monoisotopic (exact) mass is 475 g/mol. The molecular formula is C22H26BrN3O4. The molecule has 1 N–H and O–H groups in total. The Morgan fingerprint density at radius 1 is 1.13 bits per heavy atom. The van der Waals surface area contributed by atoms with Crippen molar-refractivity contribution in [2.24, 2.45) is 5.92 Å². The number of benzene rings is 1. The van der Waals surface area contributed by atoms with Gasteiger partial charge in [0.1, 0.15) is 0 Å². The van der Waals surface area contributed by atoms with E-state index in [0.717, 1.165) is 0 Å². The normalized spacial score (nSPS) is 14.4. The fourth-order valence-electron chi connectivity index (χ4n) is 3.66. The SMILES string of the molecule is CCN(CC)C(=O)C1CCN(C(=O)c2cccc(NC(=O)c3ccc(Br)o3)c2)CC1. The highest BCUT2D eigenvalue weighted by atomic mass is 79.9. The quantitative estimate of drug-likeness (QED) is 0.683. The van der Waals surface area contributed by atoms with E-state index < -0.39 is 0 Å². The topological polar surface area (TPSA) is 82.9 Å². The maximum absolute atomic E-state index is 12.9. The Morgan fingerprint density at radius 2 is 1.83 bits per heavy atom. The molecule has 0 radical (unpaired) electrons. The lowest BCUT2D eigenvalue weighted by Gasteiger charge is -2.33. The number of anilines is 1. The molecule has 0 unspecified atom stereocenters. The first-order valence-corrected chi connectivity index (χ1v) is 11.0. The van der Waals surface area contributed by atoms with Gasteiger partial charge in [-0.1, -0.05) is 6.07 Å². The van der Waals surface area contributed by atoms with Crippen LogP contribution in [0.15, 0.2) is 45.5 Å². The van der Waals surface area contributed by atoms with Gasteiger partial charge < -0.3 is 19.5 Å². The predicted octanol–water partition coefficient (Wildman–Crippen LogP) is 4.02. The molecule has 30 heavy (non-hydrogen) atoms. The average Bonchev–Trinajstić information content (AvgIpc) is 3.21. The van der Waals surface area contributed by atoms with Crippen LogP contribution in [0.5, 0.6) is 0 Å². The molecule has 1 aromatic carbocycles. The van der Waals surface area contributed by atoms with E-state index in [0.29, 0.717) is 54.9 Å². The van der Waals surface area contributed by atoms with Gasteiger partial charge in [0, 0.05) is 43.3 Å². The van der Waals surface area contributed by atoms with Crippen molar-refractivity contribution in [2.75, 3.05) is 31.5 Å². The van der Waals surface area contributed by atoms with Gasteiger partial charge in [0.05, 0.1) is 0 Å².